The van der Waals surface area contributed by atoms with Crippen LogP contribution < -0.4 is 10.2 Å². The number of hydrogen-bond donors (Lipinski definition) is 2. The van der Waals surface area contributed by atoms with Crippen LogP contribution in [-0.2, 0) is 6.42 Å². The van der Waals surface area contributed by atoms with Gasteiger partial charge in [0.25, 0.3) is 5.91 Å². The Balaban J connectivity index is 1.27. The number of amides is 1. The maximum atomic E-state index is 12.5. The molecule has 0 radical (unpaired) electrons. The number of benzene rings is 2. The third-order valence-electron chi connectivity index (χ3n) is 5.36. The summed E-state index contributed by atoms with van der Waals surface area (Å²) in [5, 5.41) is 3.31. The van der Waals surface area contributed by atoms with Crippen molar-refractivity contribution in [3.8, 4) is 5.75 Å². The summed E-state index contributed by atoms with van der Waals surface area (Å²) < 4.78 is 5.28. The second-order valence-electron chi connectivity index (χ2n) is 7.08. The Bertz CT molecular complexity index is 944. The molecule has 0 unspecified atom stereocenters. The summed E-state index contributed by atoms with van der Waals surface area (Å²) in [5.41, 5.74) is 6.13. The first-order valence-electron chi connectivity index (χ1n) is 9.71. The average Bonchev–Trinajstić information content (AvgIpc) is 3.16. The van der Waals surface area contributed by atoms with Crippen molar-refractivity contribution in [2.75, 3.05) is 39.8 Å². The summed E-state index contributed by atoms with van der Waals surface area (Å²) in [5.74, 6) is 0.474. The number of rotatable bonds is 6. The van der Waals surface area contributed by atoms with Crippen molar-refractivity contribution < 1.29 is 9.53 Å². The number of hydrogen-bond acceptors (Lipinski definition) is 4. The minimum absolute atomic E-state index is 0.121. The maximum Gasteiger partial charge on any atom is 0.269 e. The van der Waals surface area contributed by atoms with E-state index in [4.69, 9.17) is 4.74 Å². The zero-order valence-electron chi connectivity index (χ0n) is 16.1. The van der Waals surface area contributed by atoms with E-state index in [-0.39, 0.29) is 5.91 Å². The lowest BCUT2D eigenvalue weighted by Gasteiger charge is -2.34. The molecule has 1 fully saturated rings. The number of methoxy groups -OCH3 is 1. The third-order valence-corrected chi connectivity index (χ3v) is 5.36. The molecule has 0 saturated carbocycles. The van der Waals surface area contributed by atoms with Gasteiger partial charge in [0.15, 0.2) is 0 Å². The van der Waals surface area contributed by atoms with E-state index < -0.39 is 0 Å². The molecular weight excluding hydrogens is 352 g/mol. The lowest BCUT2D eigenvalue weighted by atomic mass is 10.1. The van der Waals surface area contributed by atoms with Gasteiger partial charge in [0.2, 0.25) is 0 Å². The fourth-order valence-electron chi connectivity index (χ4n) is 3.74. The Hall–Kier alpha value is -2.83. The molecule has 1 aromatic heterocycles. The third kappa shape index (κ3) is 4.03. The number of carbonyl (C=O) groups is 1. The van der Waals surface area contributed by atoms with E-state index in [9.17, 15) is 4.79 Å². The van der Waals surface area contributed by atoms with Gasteiger partial charge in [-0.25, -0.2) is 5.01 Å². The van der Waals surface area contributed by atoms with Crippen molar-refractivity contribution in [2.24, 2.45) is 0 Å². The number of aromatic amines is 1. The van der Waals surface area contributed by atoms with E-state index >= 15 is 0 Å². The van der Waals surface area contributed by atoms with Gasteiger partial charge in [-0.15, -0.1) is 0 Å². The van der Waals surface area contributed by atoms with Crippen LogP contribution in [0.3, 0.4) is 0 Å². The Morgan fingerprint density at radius 1 is 1.07 bits per heavy atom. The molecule has 6 heteroatoms. The van der Waals surface area contributed by atoms with Crippen molar-refractivity contribution in [3.05, 3.63) is 65.9 Å². The Labute approximate surface area is 165 Å². The van der Waals surface area contributed by atoms with Crippen LogP contribution in [0, 0.1) is 0 Å². The van der Waals surface area contributed by atoms with Gasteiger partial charge in [0, 0.05) is 49.8 Å². The number of piperazine rings is 1. The second kappa shape index (κ2) is 8.46. The highest BCUT2D eigenvalue weighted by molar-refractivity contribution is 5.96. The zero-order valence-corrected chi connectivity index (χ0v) is 16.1. The van der Waals surface area contributed by atoms with Crippen molar-refractivity contribution in [1.82, 2.24) is 20.3 Å². The van der Waals surface area contributed by atoms with Gasteiger partial charge in [0.1, 0.15) is 5.75 Å². The lowest BCUT2D eigenvalue weighted by molar-refractivity contribution is 0.0620. The number of carbonyl (C=O) groups excluding carboxylic acids is 1. The fraction of sp³-hybridized carbons (Fsp3) is 0.318. The predicted octanol–water partition coefficient (Wildman–Crippen LogP) is 2.68. The van der Waals surface area contributed by atoms with E-state index in [1.165, 1.54) is 16.5 Å². The molecular formula is C22H26N4O2. The Morgan fingerprint density at radius 3 is 2.64 bits per heavy atom. The summed E-state index contributed by atoms with van der Waals surface area (Å²) in [6, 6.07) is 15.7. The molecule has 3 aromatic rings. The topological polar surface area (TPSA) is 60.6 Å². The number of hydrazine groups is 1. The first kappa shape index (κ1) is 18.5. The molecule has 0 spiro atoms. The molecule has 146 valence electrons. The summed E-state index contributed by atoms with van der Waals surface area (Å²) in [4.78, 5) is 18.3. The summed E-state index contributed by atoms with van der Waals surface area (Å²) in [6.07, 6.45) is 3.14. The molecule has 4 rings (SSSR count). The second-order valence-corrected chi connectivity index (χ2v) is 7.08. The minimum Gasteiger partial charge on any atom is -0.496 e. The summed E-state index contributed by atoms with van der Waals surface area (Å²) in [7, 11) is 1.58. The highest BCUT2D eigenvalue weighted by Crippen LogP contribution is 2.19. The zero-order chi connectivity index (χ0) is 19.3. The highest BCUT2D eigenvalue weighted by Gasteiger charge is 2.20. The molecule has 1 aliphatic heterocycles. The minimum atomic E-state index is -0.121. The number of fused-ring (bicyclic) bond motifs is 1. The van der Waals surface area contributed by atoms with Crippen molar-refractivity contribution in [2.45, 2.75) is 6.42 Å². The molecule has 2 aromatic carbocycles. The van der Waals surface area contributed by atoms with Crippen LogP contribution in [0.5, 0.6) is 5.75 Å². The first-order valence-corrected chi connectivity index (χ1v) is 9.71. The number of ether oxygens (including phenoxy) is 1. The number of nitrogens with one attached hydrogen (secondary N) is 2. The van der Waals surface area contributed by atoms with Gasteiger partial charge >= 0.3 is 0 Å². The normalized spacial score (nSPS) is 15.6. The molecule has 1 amide bonds. The van der Waals surface area contributed by atoms with E-state index in [2.05, 4.69) is 45.8 Å². The van der Waals surface area contributed by atoms with Crippen LogP contribution in [0.1, 0.15) is 15.9 Å². The molecule has 6 nitrogen and oxygen atoms in total. The molecule has 2 N–H and O–H groups in total. The van der Waals surface area contributed by atoms with Gasteiger partial charge in [-0.1, -0.05) is 30.3 Å². The van der Waals surface area contributed by atoms with E-state index in [0.29, 0.717) is 11.3 Å². The van der Waals surface area contributed by atoms with Gasteiger partial charge in [-0.2, -0.15) is 0 Å². The van der Waals surface area contributed by atoms with E-state index in [1.54, 1.807) is 19.2 Å². The van der Waals surface area contributed by atoms with E-state index in [1.807, 2.05) is 17.1 Å². The largest absolute Gasteiger partial charge is 0.496 e. The summed E-state index contributed by atoms with van der Waals surface area (Å²) >= 11 is 0. The Kier molecular flexibility index (Phi) is 5.60. The molecule has 0 atom stereocenters. The van der Waals surface area contributed by atoms with Crippen LogP contribution in [0.25, 0.3) is 10.9 Å². The molecule has 0 aliphatic carbocycles. The van der Waals surface area contributed by atoms with Crippen molar-refractivity contribution >= 4 is 16.8 Å². The summed E-state index contributed by atoms with van der Waals surface area (Å²) in [6.45, 7) is 4.53. The van der Waals surface area contributed by atoms with Gasteiger partial charge in [0.05, 0.1) is 12.7 Å². The van der Waals surface area contributed by atoms with Crippen LogP contribution in [0.15, 0.2) is 54.7 Å². The van der Waals surface area contributed by atoms with Crippen molar-refractivity contribution in [1.29, 1.82) is 0 Å². The fourth-order valence-corrected chi connectivity index (χ4v) is 3.74. The molecule has 0 bridgehead atoms. The van der Waals surface area contributed by atoms with Gasteiger partial charge < -0.3 is 14.6 Å². The van der Waals surface area contributed by atoms with Gasteiger partial charge in [-0.3, -0.25) is 10.2 Å². The van der Waals surface area contributed by atoms with Crippen molar-refractivity contribution in [3.63, 3.8) is 0 Å². The molecule has 2 heterocycles. The monoisotopic (exact) mass is 378 g/mol. The van der Waals surface area contributed by atoms with Gasteiger partial charge in [-0.05, 0) is 30.2 Å². The smallest absolute Gasteiger partial charge is 0.269 e. The standard InChI is InChI=1S/C22H26N4O2/c1-28-21-9-5-3-7-19(21)22(27)24-26-14-12-25(13-15-26)11-10-17-16-23-20-8-4-2-6-18(17)20/h2-9,16,23H,10-15H2,1H3,(H,24,27). The SMILES string of the molecule is COc1ccccc1C(=O)NN1CCN(CCc2c[nH]c3ccccc23)CC1. The molecule has 28 heavy (non-hydrogen) atoms. The van der Waals surface area contributed by atoms with Crippen LogP contribution in [0.4, 0.5) is 0 Å². The average molecular weight is 378 g/mol. The molecule has 1 aliphatic rings. The quantitative estimate of drug-likeness (QED) is 0.692. The molecule has 1 saturated heterocycles. The number of para-hydroxylation sites is 2. The first-order chi connectivity index (χ1) is 13.7. The van der Waals surface area contributed by atoms with Crippen LogP contribution in [0.2, 0.25) is 0 Å². The maximum absolute atomic E-state index is 12.5. The lowest BCUT2D eigenvalue weighted by Crippen LogP contribution is -2.53. The Morgan fingerprint density at radius 2 is 1.82 bits per heavy atom. The van der Waals surface area contributed by atoms with Crippen LogP contribution in [-0.4, -0.2) is 60.6 Å². The number of aromatic nitrogens is 1. The number of H-pyrrole nitrogens is 1. The number of nitrogens with zero attached hydrogens (tertiary/aromatic N) is 2. The predicted molar refractivity (Wildman–Crippen MR) is 110 cm³/mol. The van der Waals surface area contributed by atoms with E-state index in [0.717, 1.165) is 39.1 Å². The van der Waals surface area contributed by atoms with Crippen LogP contribution >= 0.6 is 0 Å². The highest BCUT2D eigenvalue weighted by atomic mass is 16.5.